The smallest absolute Gasteiger partial charge is 0.0591 e. The molecule has 0 aromatic heterocycles. The number of nitrogens with one attached hydrogen (secondary N) is 1. The molecule has 110 valence electrons. The Kier molecular flexibility index (Phi) is 4.12. The fourth-order valence-corrected chi connectivity index (χ4v) is 3.46. The van der Waals surface area contributed by atoms with Crippen molar-refractivity contribution >= 4 is 0 Å². The van der Waals surface area contributed by atoms with Gasteiger partial charge < -0.3 is 5.32 Å². The Labute approximate surface area is 128 Å². The summed E-state index contributed by atoms with van der Waals surface area (Å²) in [7, 11) is 0. The lowest BCUT2D eigenvalue weighted by Gasteiger charge is -2.23. The van der Waals surface area contributed by atoms with Crippen molar-refractivity contribution in [2.75, 3.05) is 0 Å². The van der Waals surface area contributed by atoms with Crippen LogP contribution in [0.2, 0.25) is 0 Å². The minimum atomic E-state index is 0.344. The van der Waals surface area contributed by atoms with Gasteiger partial charge in [0.1, 0.15) is 0 Å². The summed E-state index contributed by atoms with van der Waals surface area (Å²) >= 11 is 0. The van der Waals surface area contributed by atoms with Crippen molar-refractivity contribution in [3.05, 3.63) is 59.7 Å². The Morgan fingerprint density at radius 2 is 1.43 bits per heavy atom. The van der Waals surface area contributed by atoms with Crippen molar-refractivity contribution in [2.45, 2.75) is 45.7 Å². The van der Waals surface area contributed by atoms with Crippen LogP contribution in [0.5, 0.6) is 0 Å². The van der Waals surface area contributed by atoms with Gasteiger partial charge in [0.2, 0.25) is 0 Å². The van der Waals surface area contributed by atoms with E-state index < -0.39 is 0 Å². The summed E-state index contributed by atoms with van der Waals surface area (Å²) in [5.74, 6) is 0.777. The van der Waals surface area contributed by atoms with Crippen LogP contribution < -0.4 is 5.32 Å². The molecule has 1 nitrogen and oxygen atoms in total. The van der Waals surface area contributed by atoms with E-state index in [0.717, 1.165) is 5.92 Å². The zero-order valence-corrected chi connectivity index (χ0v) is 13.3. The SMILES string of the molecule is CCC(C)CC(C)NC1c2ccccc2-c2ccccc21. The van der Waals surface area contributed by atoms with Gasteiger partial charge in [-0.1, -0.05) is 68.8 Å². The van der Waals surface area contributed by atoms with E-state index in [9.17, 15) is 0 Å². The van der Waals surface area contributed by atoms with Crippen LogP contribution in [0, 0.1) is 5.92 Å². The van der Waals surface area contributed by atoms with E-state index in [2.05, 4.69) is 74.6 Å². The van der Waals surface area contributed by atoms with Crippen LogP contribution in [0.15, 0.2) is 48.5 Å². The molecule has 0 saturated carbocycles. The average Bonchev–Trinajstić information content (AvgIpc) is 2.82. The van der Waals surface area contributed by atoms with E-state index in [1.54, 1.807) is 0 Å². The molecule has 21 heavy (non-hydrogen) atoms. The van der Waals surface area contributed by atoms with Crippen LogP contribution >= 0.6 is 0 Å². The summed E-state index contributed by atoms with van der Waals surface area (Å²) < 4.78 is 0. The predicted molar refractivity (Wildman–Crippen MR) is 90.4 cm³/mol. The Hall–Kier alpha value is -1.60. The number of hydrogen-bond acceptors (Lipinski definition) is 1. The van der Waals surface area contributed by atoms with E-state index in [1.165, 1.54) is 35.1 Å². The van der Waals surface area contributed by atoms with Gasteiger partial charge in [-0.2, -0.15) is 0 Å². The zero-order chi connectivity index (χ0) is 14.8. The first-order chi connectivity index (χ1) is 10.2. The molecule has 1 heteroatoms. The Balaban J connectivity index is 1.88. The van der Waals surface area contributed by atoms with Crippen LogP contribution in [-0.4, -0.2) is 6.04 Å². The Morgan fingerprint density at radius 3 is 1.95 bits per heavy atom. The summed E-state index contributed by atoms with van der Waals surface area (Å²) in [6, 6.07) is 18.5. The van der Waals surface area contributed by atoms with Crippen LogP contribution in [0.25, 0.3) is 11.1 Å². The average molecular weight is 279 g/mol. The van der Waals surface area contributed by atoms with Crippen LogP contribution in [0.1, 0.15) is 50.8 Å². The van der Waals surface area contributed by atoms with Gasteiger partial charge >= 0.3 is 0 Å². The monoisotopic (exact) mass is 279 g/mol. The van der Waals surface area contributed by atoms with Gasteiger partial charge in [-0.05, 0) is 41.5 Å². The first-order valence-electron chi connectivity index (χ1n) is 8.15. The molecule has 0 spiro atoms. The fraction of sp³-hybridized carbons (Fsp3) is 0.400. The highest BCUT2D eigenvalue weighted by Crippen LogP contribution is 2.43. The van der Waals surface area contributed by atoms with Crippen molar-refractivity contribution in [3.63, 3.8) is 0 Å². The van der Waals surface area contributed by atoms with Crippen LogP contribution in [-0.2, 0) is 0 Å². The van der Waals surface area contributed by atoms with Gasteiger partial charge in [0.15, 0.2) is 0 Å². The molecular formula is C20H25N. The molecule has 0 radical (unpaired) electrons. The highest BCUT2D eigenvalue weighted by molar-refractivity contribution is 5.78. The number of hydrogen-bond donors (Lipinski definition) is 1. The first-order valence-corrected chi connectivity index (χ1v) is 8.15. The molecule has 1 aliphatic rings. The third-order valence-corrected chi connectivity index (χ3v) is 4.74. The highest BCUT2D eigenvalue weighted by Gasteiger charge is 2.28. The van der Waals surface area contributed by atoms with Crippen LogP contribution in [0.4, 0.5) is 0 Å². The largest absolute Gasteiger partial charge is 0.304 e. The molecule has 0 aliphatic heterocycles. The van der Waals surface area contributed by atoms with E-state index in [0.29, 0.717) is 12.1 Å². The molecule has 2 unspecified atom stereocenters. The van der Waals surface area contributed by atoms with Crippen molar-refractivity contribution in [1.82, 2.24) is 5.32 Å². The minimum absolute atomic E-state index is 0.344. The number of rotatable bonds is 5. The predicted octanol–water partition coefficient (Wildman–Crippen LogP) is 5.17. The summed E-state index contributed by atoms with van der Waals surface area (Å²) in [5.41, 5.74) is 5.63. The fourth-order valence-electron chi connectivity index (χ4n) is 3.46. The summed E-state index contributed by atoms with van der Waals surface area (Å²) in [5, 5.41) is 3.86. The molecule has 2 aromatic carbocycles. The van der Waals surface area contributed by atoms with Gasteiger partial charge in [0, 0.05) is 6.04 Å². The Bertz CT molecular complexity index is 571. The van der Waals surface area contributed by atoms with E-state index in [-0.39, 0.29) is 0 Å². The quantitative estimate of drug-likeness (QED) is 0.796. The minimum Gasteiger partial charge on any atom is -0.304 e. The molecule has 1 N–H and O–H groups in total. The second-order valence-electron chi connectivity index (χ2n) is 6.42. The molecule has 0 bridgehead atoms. The maximum absolute atomic E-state index is 3.86. The van der Waals surface area contributed by atoms with E-state index >= 15 is 0 Å². The lowest BCUT2D eigenvalue weighted by molar-refractivity contribution is 0.396. The maximum Gasteiger partial charge on any atom is 0.0591 e. The highest BCUT2D eigenvalue weighted by atomic mass is 15.0. The van der Waals surface area contributed by atoms with Crippen molar-refractivity contribution in [3.8, 4) is 11.1 Å². The topological polar surface area (TPSA) is 12.0 Å². The molecular weight excluding hydrogens is 254 g/mol. The second kappa shape index (κ2) is 6.03. The van der Waals surface area contributed by atoms with Crippen molar-refractivity contribution in [1.29, 1.82) is 0 Å². The lowest BCUT2D eigenvalue weighted by Crippen LogP contribution is -2.31. The van der Waals surface area contributed by atoms with Gasteiger partial charge in [-0.25, -0.2) is 0 Å². The van der Waals surface area contributed by atoms with E-state index in [4.69, 9.17) is 0 Å². The molecule has 1 aliphatic carbocycles. The van der Waals surface area contributed by atoms with Gasteiger partial charge in [0.25, 0.3) is 0 Å². The molecule has 0 saturated heterocycles. The molecule has 0 fully saturated rings. The summed E-state index contributed by atoms with van der Waals surface area (Å²) in [6.07, 6.45) is 2.49. The van der Waals surface area contributed by atoms with Gasteiger partial charge in [-0.15, -0.1) is 0 Å². The number of benzene rings is 2. The molecule has 0 amide bonds. The lowest BCUT2D eigenvalue weighted by atomic mass is 9.98. The van der Waals surface area contributed by atoms with Gasteiger partial charge in [0.05, 0.1) is 6.04 Å². The number of fused-ring (bicyclic) bond motifs is 3. The molecule has 2 atom stereocenters. The third-order valence-electron chi connectivity index (χ3n) is 4.74. The zero-order valence-electron chi connectivity index (χ0n) is 13.3. The summed E-state index contributed by atoms with van der Waals surface area (Å²) in [6.45, 7) is 6.93. The van der Waals surface area contributed by atoms with E-state index in [1.807, 2.05) is 0 Å². The van der Waals surface area contributed by atoms with Crippen molar-refractivity contribution < 1.29 is 0 Å². The standard InChI is InChI=1S/C20H25N/c1-4-14(2)13-15(3)21-20-18-11-7-5-9-16(18)17-10-6-8-12-19(17)20/h5-12,14-15,20-21H,4,13H2,1-3H3. The normalized spacial score (nSPS) is 16.3. The molecule has 2 aromatic rings. The first kappa shape index (κ1) is 14.3. The van der Waals surface area contributed by atoms with Gasteiger partial charge in [-0.3, -0.25) is 0 Å². The molecule has 3 rings (SSSR count). The Morgan fingerprint density at radius 1 is 0.905 bits per heavy atom. The maximum atomic E-state index is 3.86. The third kappa shape index (κ3) is 2.75. The molecule has 0 heterocycles. The second-order valence-corrected chi connectivity index (χ2v) is 6.42. The van der Waals surface area contributed by atoms with Crippen molar-refractivity contribution in [2.24, 2.45) is 5.92 Å². The summed E-state index contributed by atoms with van der Waals surface area (Å²) in [4.78, 5) is 0. The van der Waals surface area contributed by atoms with Crippen LogP contribution in [0.3, 0.4) is 0 Å².